The predicted octanol–water partition coefficient (Wildman–Crippen LogP) is 3.52. The second-order valence-electron chi connectivity index (χ2n) is 3.59. The Kier molecular flexibility index (Phi) is 2.51. The number of hydrogen-bond donors (Lipinski definition) is 0. The van der Waals surface area contributed by atoms with Gasteiger partial charge in [-0.3, -0.25) is 0 Å². The van der Waals surface area contributed by atoms with Crippen LogP contribution in [-0.2, 0) is 6.42 Å². The van der Waals surface area contributed by atoms with Crippen molar-refractivity contribution >= 4 is 11.3 Å². The zero-order chi connectivity index (χ0) is 10.2. The third kappa shape index (κ3) is 2.26. The minimum absolute atomic E-state index is 0.194. The van der Waals surface area contributed by atoms with E-state index in [0.29, 0.717) is 5.92 Å². The van der Waals surface area contributed by atoms with Crippen molar-refractivity contribution in [2.45, 2.75) is 37.8 Å². The van der Waals surface area contributed by atoms with Crippen LogP contribution >= 0.6 is 11.3 Å². The number of nitrogens with zero attached hydrogens (tertiary/aromatic N) is 1. The molecule has 0 aromatic carbocycles. The van der Waals surface area contributed by atoms with Crippen molar-refractivity contribution in [2.24, 2.45) is 0 Å². The van der Waals surface area contributed by atoms with Gasteiger partial charge in [-0.05, 0) is 12.8 Å². The quantitative estimate of drug-likeness (QED) is 0.744. The SMILES string of the molecule is FC(F)(F)Cc1nc(C2CCC2)cs1. The first-order valence-electron chi connectivity index (χ1n) is 4.55. The zero-order valence-electron chi connectivity index (χ0n) is 7.47. The lowest BCUT2D eigenvalue weighted by Gasteiger charge is -2.23. The van der Waals surface area contributed by atoms with Crippen molar-refractivity contribution < 1.29 is 13.2 Å². The number of hydrogen-bond acceptors (Lipinski definition) is 2. The van der Waals surface area contributed by atoms with Gasteiger partial charge in [0.1, 0.15) is 5.01 Å². The summed E-state index contributed by atoms with van der Waals surface area (Å²) >= 11 is 1.12. The highest BCUT2D eigenvalue weighted by molar-refractivity contribution is 7.09. The maximum atomic E-state index is 12.0. The molecule has 0 bridgehead atoms. The summed E-state index contributed by atoms with van der Waals surface area (Å²) in [5, 5.41) is 1.96. The van der Waals surface area contributed by atoms with E-state index in [1.807, 2.05) is 0 Å². The smallest absolute Gasteiger partial charge is 0.246 e. The molecule has 0 N–H and O–H groups in total. The first kappa shape index (κ1) is 9.96. The van der Waals surface area contributed by atoms with E-state index in [1.54, 1.807) is 5.38 Å². The van der Waals surface area contributed by atoms with E-state index in [9.17, 15) is 13.2 Å². The lowest BCUT2D eigenvalue weighted by molar-refractivity contribution is -0.127. The molecule has 1 aromatic heterocycles. The standard InChI is InChI=1S/C9H10F3NS/c10-9(11,12)4-8-13-7(5-14-8)6-2-1-3-6/h5-6H,1-4H2. The van der Waals surface area contributed by atoms with E-state index < -0.39 is 12.6 Å². The minimum atomic E-state index is -4.13. The van der Waals surface area contributed by atoms with Gasteiger partial charge in [0.2, 0.25) is 0 Å². The highest BCUT2D eigenvalue weighted by Gasteiger charge is 2.30. The second-order valence-corrected chi connectivity index (χ2v) is 4.53. The highest BCUT2D eigenvalue weighted by atomic mass is 32.1. The van der Waals surface area contributed by atoms with E-state index in [2.05, 4.69) is 4.98 Å². The fraction of sp³-hybridized carbons (Fsp3) is 0.667. The van der Waals surface area contributed by atoms with Crippen LogP contribution in [0.25, 0.3) is 0 Å². The fourth-order valence-corrected chi connectivity index (χ4v) is 2.38. The number of rotatable bonds is 2. The Hall–Kier alpha value is -0.580. The van der Waals surface area contributed by atoms with Crippen molar-refractivity contribution in [1.82, 2.24) is 4.98 Å². The average Bonchev–Trinajstić information content (AvgIpc) is 2.28. The Balaban J connectivity index is 2.02. The number of aromatic nitrogens is 1. The van der Waals surface area contributed by atoms with Gasteiger partial charge >= 0.3 is 6.18 Å². The molecule has 0 saturated heterocycles. The van der Waals surface area contributed by atoms with Gasteiger partial charge in [0.25, 0.3) is 0 Å². The maximum Gasteiger partial charge on any atom is 0.395 e. The van der Waals surface area contributed by atoms with Gasteiger partial charge < -0.3 is 0 Å². The summed E-state index contributed by atoms with van der Waals surface area (Å²) in [4.78, 5) is 4.02. The van der Waals surface area contributed by atoms with Crippen LogP contribution in [0.15, 0.2) is 5.38 Å². The zero-order valence-corrected chi connectivity index (χ0v) is 8.29. The molecule has 1 nitrogen and oxygen atoms in total. The average molecular weight is 221 g/mol. The van der Waals surface area contributed by atoms with Crippen LogP contribution in [0.2, 0.25) is 0 Å². The van der Waals surface area contributed by atoms with Gasteiger partial charge in [-0.15, -0.1) is 11.3 Å². The molecule has 0 amide bonds. The van der Waals surface area contributed by atoms with Gasteiger partial charge in [0.15, 0.2) is 0 Å². The summed E-state index contributed by atoms with van der Waals surface area (Å²) in [5.41, 5.74) is 0.862. The van der Waals surface area contributed by atoms with Gasteiger partial charge in [-0.1, -0.05) is 6.42 Å². The molecule has 0 unspecified atom stereocenters. The van der Waals surface area contributed by atoms with Crippen LogP contribution in [0.1, 0.15) is 35.9 Å². The molecule has 0 aliphatic heterocycles. The Morgan fingerprint density at radius 2 is 2.14 bits per heavy atom. The third-order valence-corrected chi connectivity index (χ3v) is 3.31. The molecule has 78 valence electrons. The van der Waals surface area contributed by atoms with Crippen molar-refractivity contribution in [3.05, 3.63) is 16.1 Å². The van der Waals surface area contributed by atoms with E-state index in [1.165, 1.54) is 6.42 Å². The summed E-state index contributed by atoms with van der Waals surface area (Å²) in [6.45, 7) is 0. The largest absolute Gasteiger partial charge is 0.395 e. The molecule has 1 aromatic rings. The van der Waals surface area contributed by atoms with Crippen LogP contribution < -0.4 is 0 Å². The molecule has 1 fully saturated rings. The van der Waals surface area contributed by atoms with Crippen LogP contribution in [0.3, 0.4) is 0 Å². The molecule has 0 radical (unpaired) electrons. The summed E-state index contributed by atoms with van der Waals surface area (Å²) < 4.78 is 36.0. The van der Waals surface area contributed by atoms with Gasteiger partial charge in [0.05, 0.1) is 12.1 Å². The highest BCUT2D eigenvalue weighted by Crippen LogP contribution is 2.37. The summed E-state index contributed by atoms with van der Waals surface area (Å²) in [5.74, 6) is 0.424. The van der Waals surface area contributed by atoms with Crippen LogP contribution in [0.4, 0.5) is 13.2 Å². The number of halogens is 3. The molecule has 5 heteroatoms. The lowest BCUT2D eigenvalue weighted by Crippen LogP contribution is -2.12. The van der Waals surface area contributed by atoms with E-state index in [0.717, 1.165) is 29.9 Å². The van der Waals surface area contributed by atoms with Crippen molar-refractivity contribution in [2.75, 3.05) is 0 Å². The Morgan fingerprint density at radius 1 is 1.43 bits per heavy atom. The first-order valence-corrected chi connectivity index (χ1v) is 5.43. The maximum absolute atomic E-state index is 12.0. The van der Waals surface area contributed by atoms with Crippen molar-refractivity contribution in [3.63, 3.8) is 0 Å². The molecular weight excluding hydrogens is 211 g/mol. The first-order chi connectivity index (χ1) is 6.54. The minimum Gasteiger partial charge on any atom is -0.246 e. The molecule has 0 spiro atoms. The molecule has 1 saturated carbocycles. The Bertz CT molecular complexity index is 314. The Morgan fingerprint density at radius 3 is 2.64 bits per heavy atom. The molecule has 2 rings (SSSR count). The summed E-state index contributed by atoms with van der Waals surface area (Å²) in [6, 6.07) is 0. The van der Waals surface area contributed by atoms with Crippen LogP contribution in [0.5, 0.6) is 0 Å². The summed E-state index contributed by atoms with van der Waals surface area (Å²) in [7, 11) is 0. The third-order valence-electron chi connectivity index (χ3n) is 2.44. The molecule has 1 aliphatic rings. The van der Waals surface area contributed by atoms with Crippen LogP contribution in [0, 0.1) is 0 Å². The predicted molar refractivity (Wildman–Crippen MR) is 48.5 cm³/mol. The number of thiazole rings is 1. The van der Waals surface area contributed by atoms with Gasteiger partial charge in [0, 0.05) is 11.3 Å². The van der Waals surface area contributed by atoms with Crippen LogP contribution in [-0.4, -0.2) is 11.2 Å². The van der Waals surface area contributed by atoms with Crippen molar-refractivity contribution in [3.8, 4) is 0 Å². The Labute approximate surface area is 84.0 Å². The molecule has 1 heterocycles. The topological polar surface area (TPSA) is 12.9 Å². The van der Waals surface area contributed by atoms with Gasteiger partial charge in [-0.2, -0.15) is 13.2 Å². The monoisotopic (exact) mass is 221 g/mol. The van der Waals surface area contributed by atoms with Gasteiger partial charge in [-0.25, -0.2) is 4.98 Å². The summed E-state index contributed by atoms with van der Waals surface area (Å²) in [6.07, 6.45) is -1.68. The molecule has 0 atom stereocenters. The van der Waals surface area contributed by atoms with Crippen molar-refractivity contribution in [1.29, 1.82) is 0 Å². The molecular formula is C9H10F3NS. The van der Waals surface area contributed by atoms with E-state index >= 15 is 0 Å². The molecule has 1 aliphatic carbocycles. The second kappa shape index (κ2) is 3.53. The molecule has 14 heavy (non-hydrogen) atoms. The fourth-order valence-electron chi connectivity index (χ4n) is 1.47. The number of alkyl halides is 3. The lowest BCUT2D eigenvalue weighted by atomic mass is 9.83. The normalized spacial score (nSPS) is 18.2. The van der Waals surface area contributed by atoms with E-state index in [-0.39, 0.29) is 5.01 Å². The van der Waals surface area contributed by atoms with E-state index in [4.69, 9.17) is 0 Å².